The number of hydrogen-bond donors (Lipinski definition) is 0. The Kier molecular flexibility index (Phi) is 7.11. The first-order chi connectivity index (χ1) is 15.1. The molecule has 3 rings (SSSR count). The summed E-state index contributed by atoms with van der Waals surface area (Å²) in [5.74, 6) is 0.0777. The van der Waals surface area contributed by atoms with Crippen molar-refractivity contribution < 1.29 is 22.7 Å². The van der Waals surface area contributed by atoms with Gasteiger partial charge in [0, 0.05) is 0 Å². The van der Waals surface area contributed by atoms with E-state index >= 15 is 0 Å². The third kappa shape index (κ3) is 5.06. The van der Waals surface area contributed by atoms with Gasteiger partial charge in [0.2, 0.25) is 0 Å². The molecule has 1 amide bonds. The van der Waals surface area contributed by atoms with Crippen molar-refractivity contribution in [3.8, 4) is 11.5 Å². The summed E-state index contributed by atoms with van der Waals surface area (Å²) in [6.07, 6.45) is 0. The normalized spacial score (nSPS) is 11.2. The first-order valence-corrected chi connectivity index (χ1v) is 11.6. The van der Waals surface area contributed by atoms with E-state index in [1.54, 1.807) is 24.3 Å². The molecule has 8 heteroatoms. The van der Waals surface area contributed by atoms with Gasteiger partial charge in [-0.15, -0.1) is 0 Å². The minimum Gasteiger partial charge on any atom is -0.495 e. The predicted octanol–water partition coefficient (Wildman–Crippen LogP) is 5.07. The number of rotatable bonds is 7. The number of amides is 1. The van der Waals surface area contributed by atoms with E-state index < -0.39 is 22.5 Å². The van der Waals surface area contributed by atoms with Crippen LogP contribution in [0.5, 0.6) is 11.5 Å². The molecule has 0 unspecified atom stereocenters. The quantitative estimate of drug-likeness (QED) is 0.478. The van der Waals surface area contributed by atoms with Gasteiger partial charge in [-0.25, -0.2) is 8.42 Å². The average Bonchev–Trinajstić information content (AvgIpc) is 2.75. The molecule has 0 atom stereocenters. The minimum atomic E-state index is -4.22. The third-order valence-corrected chi connectivity index (χ3v) is 7.05. The van der Waals surface area contributed by atoms with Crippen molar-refractivity contribution in [3.05, 3.63) is 82.4 Å². The minimum absolute atomic E-state index is 0.0189. The Bertz CT molecular complexity index is 1240. The second-order valence-corrected chi connectivity index (χ2v) is 9.52. The fourth-order valence-corrected chi connectivity index (χ4v) is 4.68. The SMILES string of the molecule is COc1ccc(N(C(=O)COc2ccc(C)c(C)c2)S(=O)(=O)c2ccc(C)cc2)cc1Cl. The van der Waals surface area contributed by atoms with E-state index in [1.807, 2.05) is 26.8 Å². The maximum Gasteiger partial charge on any atom is 0.278 e. The lowest BCUT2D eigenvalue weighted by molar-refractivity contribution is -0.119. The lowest BCUT2D eigenvalue weighted by Gasteiger charge is -2.23. The van der Waals surface area contributed by atoms with Gasteiger partial charge >= 0.3 is 0 Å². The Morgan fingerprint density at radius 2 is 1.62 bits per heavy atom. The number of anilines is 1. The maximum atomic E-state index is 13.4. The van der Waals surface area contributed by atoms with E-state index in [2.05, 4.69) is 0 Å². The number of aryl methyl sites for hydroxylation is 3. The van der Waals surface area contributed by atoms with Crippen LogP contribution < -0.4 is 13.8 Å². The van der Waals surface area contributed by atoms with E-state index in [0.717, 1.165) is 16.7 Å². The highest BCUT2D eigenvalue weighted by atomic mass is 35.5. The highest BCUT2D eigenvalue weighted by Gasteiger charge is 2.32. The number of methoxy groups -OCH3 is 1. The summed E-state index contributed by atoms with van der Waals surface area (Å²) in [7, 11) is -2.77. The van der Waals surface area contributed by atoms with Crippen LogP contribution in [0.15, 0.2) is 65.6 Å². The van der Waals surface area contributed by atoms with Crippen molar-refractivity contribution in [1.29, 1.82) is 0 Å². The van der Waals surface area contributed by atoms with Crippen molar-refractivity contribution >= 4 is 33.2 Å². The topological polar surface area (TPSA) is 72.9 Å². The van der Waals surface area contributed by atoms with Crippen LogP contribution in [-0.2, 0) is 14.8 Å². The number of benzene rings is 3. The number of hydrogen-bond acceptors (Lipinski definition) is 5. The number of sulfonamides is 1. The molecule has 0 aliphatic carbocycles. The van der Waals surface area contributed by atoms with Gasteiger partial charge in [-0.1, -0.05) is 35.4 Å². The second-order valence-electron chi connectivity index (χ2n) is 7.33. The van der Waals surface area contributed by atoms with Gasteiger partial charge in [0.15, 0.2) is 6.61 Å². The summed E-state index contributed by atoms with van der Waals surface area (Å²) >= 11 is 6.21. The average molecular weight is 474 g/mol. The summed E-state index contributed by atoms with van der Waals surface area (Å²) in [5, 5.41) is 0.178. The zero-order valence-corrected chi connectivity index (χ0v) is 19.8. The summed E-state index contributed by atoms with van der Waals surface area (Å²) in [6, 6.07) is 16.0. The standard InChI is InChI=1S/C24H24ClNO5S/c1-16-5-10-21(11-6-16)32(28,29)26(19-8-12-23(30-4)22(25)14-19)24(27)15-31-20-9-7-17(2)18(3)13-20/h5-14H,15H2,1-4H3. The Balaban J connectivity index is 1.99. The number of carbonyl (C=O) groups is 1. The van der Waals surface area contributed by atoms with Crippen molar-refractivity contribution in [3.63, 3.8) is 0 Å². The summed E-state index contributed by atoms with van der Waals surface area (Å²) in [6.45, 7) is 5.27. The largest absolute Gasteiger partial charge is 0.495 e. The number of halogens is 1. The lowest BCUT2D eigenvalue weighted by atomic mass is 10.1. The van der Waals surface area contributed by atoms with Crippen LogP contribution >= 0.6 is 11.6 Å². The fraction of sp³-hybridized carbons (Fsp3) is 0.208. The van der Waals surface area contributed by atoms with E-state index in [9.17, 15) is 13.2 Å². The first-order valence-electron chi connectivity index (χ1n) is 9.82. The number of carbonyl (C=O) groups excluding carboxylic acids is 1. The number of ether oxygens (including phenoxy) is 2. The molecule has 0 saturated heterocycles. The molecule has 3 aromatic carbocycles. The van der Waals surface area contributed by atoms with Crippen molar-refractivity contribution in [2.75, 3.05) is 18.0 Å². The van der Waals surface area contributed by atoms with Crippen LogP contribution in [0.25, 0.3) is 0 Å². The second kappa shape index (κ2) is 9.63. The van der Waals surface area contributed by atoms with E-state index in [1.165, 1.54) is 37.4 Å². The van der Waals surface area contributed by atoms with Crippen molar-refractivity contribution in [2.24, 2.45) is 0 Å². The summed E-state index contributed by atoms with van der Waals surface area (Å²) in [4.78, 5) is 13.2. The molecule has 0 bridgehead atoms. The van der Waals surface area contributed by atoms with Gasteiger partial charge in [0.1, 0.15) is 11.5 Å². The molecule has 6 nitrogen and oxygen atoms in total. The predicted molar refractivity (Wildman–Crippen MR) is 125 cm³/mol. The first kappa shape index (κ1) is 23.6. The smallest absolute Gasteiger partial charge is 0.278 e. The van der Waals surface area contributed by atoms with Crippen LogP contribution in [-0.4, -0.2) is 28.0 Å². The number of nitrogens with zero attached hydrogens (tertiary/aromatic N) is 1. The lowest BCUT2D eigenvalue weighted by Crippen LogP contribution is -2.40. The van der Waals surface area contributed by atoms with Gasteiger partial charge in [-0.2, -0.15) is 4.31 Å². The van der Waals surface area contributed by atoms with E-state index in [4.69, 9.17) is 21.1 Å². The molecule has 0 spiro atoms. The molecule has 0 aliphatic heterocycles. The van der Waals surface area contributed by atoms with Gasteiger partial charge in [-0.05, 0) is 74.4 Å². The Morgan fingerprint density at radius 1 is 0.938 bits per heavy atom. The van der Waals surface area contributed by atoms with Gasteiger partial charge in [-0.3, -0.25) is 4.79 Å². The Labute approximate surface area is 193 Å². The maximum absolute atomic E-state index is 13.4. The van der Waals surface area contributed by atoms with Crippen LogP contribution in [0, 0.1) is 20.8 Å². The van der Waals surface area contributed by atoms with Crippen molar-refractivity contribution in [1.82, 2.24) is 0 Å². The molecule has 0 aromatic heterocycles. The Morgan fingerprint density at radius 3 is 2.22 bits per heavy atom. The molecule has 32 heavy (non-hydrogen) atoms. The van der Waals surface area contributed by atoms with Crippen molar-refractivity contribution in [2.45, 2.75) is 25.7 Å². The van der Waals surface area contributed by atoms with E-state index in [-0.39, 0.29) is 15.6 Å². The van der Waals surface area contributed by atoms with Gasteiger partial charge in [0.05, 0.1) is 22.7 Å². The molecule has 0 saturated carbocycles. The van der Waals surface area contributed by atoms with Crippen LogP contribution in [0.4, 0.5) is 5.69 Å². The van der Waals surface area contributed by atoms with E-state index in [0.29, 0.717) is 15.8 Å². The van der Waals surface area contributed by atoms with Crippen LogP contribution in [0.2, 0.25) is 5.02 Å². The fourth-order valence-electron chi connectivity index (χ4n) is 3.02. The highest BCUT2D eigenvalue weighted by molar-refractivity contribution is 7.93. The molecule has 0 N–H and O–H groups in total. The monoisotopic (exact) mass is 473 g/mol. The molecule has 0 heterocycles. The molecule has 168 valence electrons. The molecule has 0 fully saturated rings. The van der Waals surface area contributed by atoms with Gasteiger partial charge in [0.25, 0.3) is 15.9 Å². The molecule has 0 aliphatic rings. The molecular formula is C24H24ClNO5S. The van der Waals surface area contributed by atoms with Gasteiger partial charge < -0.3 is 9.47 Å². The third-order valence-electron chi connectivity index (χ3n) is 5.00. The molecule has 0 radical (unpaired) electrons. The van der Waals surface area contributed by atoms with Crippen LogP contribution in [0.1, 0.15) is 16.7 Å². The zero-order chi connectivity index (χ0) is 23.5. The molecular weight excluding hydrogens is 450 g/mol. The van der Waals surface area contributed by atoms with Crippen LogP contribution in [0.3, 0.4) is 0 Å². The Hall–Kier alpha value is -3.03. The summed E-state index contributed by atoms with van der Waals surface area (Å²) in [5.41, 5.74) is 3.07. The zero-order valence-electron chi connectivity index (χ0n) is 18.3. The highest BCUT2D eigenvalue weighted by Crippen LogP contribution is 2.32. The molecule has 3 aromatic rings. The summed E-state index contributed by atoms with van der Waals surface area (Å²) < 4.78 is 38.3.